The Bertz CT molecular complexity index is 633. The number of piperidine rings is 1. The van der Waals surface area contributed by atoms with Crippen LogP contribution in [0.3, 0.4) is 0 Å². The molecule has 1 fully saturated rings. The quantitative estimate of drug-likeness (QED) is 0.601. The predicted octanol–water partition coefficient (Wildman–Crippen LogP) is 3.19. The van der Waals surface area contributed by atoms with Gasteiger partial charge in [0.1, 0.15) is 10.8 Å². The molecule has 134 valence electrons. The largest absolute Gasteiger partial charge is 0.444 e. The first kappa shape index (κ1) is 19.1. The van der Waals surface area contributed by atoms with Gasteiger partial charge >= 0.3 is 6.09 Å². The third-order valence-corrected chi connectivity index (χ3v) is 5.41. The van der Waals surface area contributed by atoms with Crippen LogP contribution >= 0.6 is 11.6 Å². The van der Waals surface area contributed by atoms with E-state index in [0.717, 1.165) is 18.4 Å². The van der Waals surface area contributed by atoms with Crippen LogP contribution in [0.15, 0.2) is 11.4 Å². The van der Waals surface area contributed by atoms with Crippen LogP contribution in [0, 0.1) is 12.8 Å². The van der Waals surface area contributed by atoms with Gasteiger partial charge < -0.3 is 9.64 Å². The number of amides is 1. The molecule has 2 heterocycles. The van der Waals surface area contributed by atoms with Gasteiger partial charge in [-0.1, -0.05) is 11.6 Å². The second kappa shape index (κ2) is 7.78. The van der Waals surface area contributed by atoms with Gasteiger partial charge in [-0.25, -0.2) is 14.8 Å². The molecular formula is C16H24ClN3O3S. The summed E-state index contributed by atoms with van der Waals surface area (Å²) in [6.07, 6.45) is 3.06. The molecule has 8 heteroatoms. The van der Waals surface area contributed by atoms with Gasteiger partial charge in [-0.05, 0) is 46.5 Å². The van der Waals surface area contributed by atoms with E-state index in [9.17, 15) is 9.00 Å². The molecule has 1 aromatic heterocycles. The number of nitrogens with zero attached hydrogens (tertiary/aromatic N) is 3. The minimum absolute atomic E-state index is 0.135. The van der Waals surface area contributed by atoms with Crippen LogP contribution in [0.1, 0.15) is 39.2 Å². The summed E-state index contributed by atoms with van der Waals surface area (Å²) in [5.74, 6) is 0.550. The van der Waals surface area contributed by atoms with Crippen molar-refractivity contribution in [2.75, 3.05) is 18.8 Å². The van der Waals surface area contributed by atoms with Crippen molar-refractivity contribution in [2.24, 2.45) is 5.92 Å². The lowest BCUT2D eigenvalue weighted by molar-refractivity contribution is 0.0176. The van der Waals surface area contributed by atoms with Gasteiger partial charge in [0.2, 0.25) is 5.16 Å². The van der Waals surface area contributed by atoms with Crippen LogP contribution in [0.5, 0.6) is 0 Å². The molecule has 1 amide bonds. The highest BCUT2D eigenvalue weighted by atomic mass is 35.5. The molecular weight excluding hydrogens is 350 g/mol. The Labute approximate surface area is 150 Å². The van der Waals surface area contributed by atoms with Crippen LogP contribution in [0.25, 0.3) is 0 Å². The molecule has 1 aliphatic heterocycles. The number of halogens is 1. The van der Waals surface area contributed by atoms with Gasteiger partial charge in [-0.2, -0.15) is 0 Å². The molecule has 24 heavy (non-hydrogen) atoms. The lowest BCUT2D eigenvalue weighted by atomic mass is 10.0. The van der Waals surface area contributed by atoms with Crippen molar-refractivity contribution >= 4 is 28.5 Å². The molecule has 2 atom stereocenters. The molecule has 0 saturated carbocycles. The van der Waals surface area contributed by atoms with E-state index >= 15 is 0 Å². The molecule has 0 aliphatic carbocycles. The van der Waals surface area contributed by atoms with Crippen molar-refractivity contribution in [3.8, 4) is 0 Å². The first-order valence-electron chi connectivity index (χ1n) is 8.01. The minimum Gasteiger partial charge on any atom is -0.444 e. The van der Waals surface area contributed by atoms with Crippen molar-refractivity contribution in [3.63, 3.8) is 0 Å². The smallest absolute Gasteiger partial charge is 0.410 e. The summed E-state index contributed by atoms with van der Waals surface area (Å²) in [4.78, 5) is 22.1. The second-order valence-electron chi connectivity index (χ2n) is 7.07. The van der Waals surface area contributed by atoms with Crippen molar-refractivity contribution in [3.05, 3.63) is 16.9 Å². The van der Waals surface area contributed by atoms with Crippen LogP contribution in [0.4, 0.5) is 4.79 Å². The molecule has 1 aromatic rings. The number of rotatable bonds is 3. The Hall–Kier alpha value is -1.21. The highest BCUT2D eigenvalue weighted by Gasteiger charge is 2.29. The van der Waals surface area contributed by atoms with Crippen LogP contribution in [-0.4, -0.2) is 49.6 Å². The number of carbonyl (C=O) groups excluding carboxylic acids is 1. The van der Waals surface area contributed by atoms with E-state index in [1.807, 2.05) is 20.8 Å². The Morgan fingerprint density at radius 3 is 2.83 bits per heavy atom. The number of aryl methyl sites for hydroxylation is 1. The summed E-state index contributed by atoms with van der Waals surface area (Å²) >= 11 is 5.97. The maximum absolute atomic E-state index is 12.5. The van der Waals surface area contributed by atoms with Gasteiger partial charge in [0.15, 0.2) is 0 Å². The van der Waals surface area contributed by atoms with E-state index < -0.39 is 16.4 Å². The predicted molar refractivity (Wildman–Crippen MR) is 93.6 cm³/mol. The number of aromatic nitrogens is 2. The first-order chi connectivity index (χ1) is 11.2. The molecule has 1 saturated heterocycles. The number of ether oxygens (including phenoxy) is 1. The van der Waals surface area contributed by atoms with Gasteiger partial charge in [-0.3, -0.25) is 4.21 Å². The van der Waals surface area contributed by atoms with Crippen molar-refractivity contribution in [2.45, 2.75) is 51.3 Å². The maximum Gasteiger partial charge on any atom is 0.410 e. The molecule has 0 spiro atoms. The van der Waals surface area contributed by atoms with Crippen molar-refractivity contribution in [1.82, 2.24) is 14.9 Å². The Morgan fingerprint density at radius 1 is 1.50 bits per heavy atom. The van der Waals surface area contributed by atoms with Crippen LogP contribution in [-0.2, 0) is 15.5 Å². The Morgan fingerprint density at radius 2 is 2.21 bits per heavy atom. The topological polar surface area (TPSA) is 72.4 Å². The average molecular weight is 374 g/mol. The van der Waals surface area contributed by atoms with Crippen molar-refractivity contribution in [1.29, 1.82) is 0 Å². The number of hydrogen-bond acceptors (Lipinski definition) is 5. The van der Waals surface area contributed by atoms with Crippen LogP contribution in [0.2, 0.25) is 5.15 Å². The summed E-state index contributed by atoms with van der Waals surface area (Å²) < 4.78 is 17.9. The van der Waals surface area contributed by atoms with Gasteiger partial charge in [0, 0.05) is 30.6 Å². The second-order valence-corrected chi connectivity index (χ2v) is 8.82. The summed E-state index contributed by atoms with van der Waals surface area (Å²) in [5.41, 5.74) is 0.241. The fourth-order valence-corrected chi connectivity index (χ4v) is 3.89. The fraction of sp³-hybridized carbons (Fsp3) is 0.688. The van der Waals surface area contributed by atoms with E-state index in [0.29, 0.717) is 24.0 Å². The molecule has 6 nitrogen and oxygen atoms in total. The van der Waals surface area contributed by atoms with Crippen LogP contribution < -0.4 is 0 Å². The monoisotopic (exact) mass is 373 g/mol. The molecule has 0 unspecified atom stereocenters. The fourth-order valence-electron chi connectivity index (χ4n) is 2.50. The number of likely N-dealkylation sites (tertiary alicyclic amines) is 1. The highest BCUT2D eigenvalue weighted by molar-refractivity contribution is 7.84. The van der Waals surface area contributed by atoms with E-state index in [1.165, 1.54) is 0 Å². The summed E-state index contributed by atoms with van der Waals surface area (Å²) in [6, 6.07) is 0. The third kappa shape index (κ3) is 5.41. The summed E-state index contributed by atoms with van der Waals surface area (Å²) in [5, 5.41) is 0.576. The Balaban J connectivity index is 1.96. The normalized spacial score (nSPS) is 19.9. The van der Waals surface area contributed by atoms with E-state index in [2.05, 4.69) is 9.97 Å². The molecule has 0 aromatic carbocycles. The lowest BCUT2D eigenvalue weighted by Crippen LogP contribution is -2.44. The molecule has 0 bridgehead atoms. The number of carbonyl (C=O) groups is 1. The van der Waals surface area contributed by atoms with Gasteiger partial charge in [0.05, 0.1) is 10.8 Å². The standard InChI is InChI=1S/C16H24ClN3O3S/c1-11-8-18-14(19-13(11)17)24(22)10-12-6-5-7-20(9-12)15(21)23-16(2,3)4/h8,12H,5-7,9-10H2,1-4H3/t12-,24+/m0/s1. The summed E-state index contributed by atoms with van der Waals surface area (Å²) in [6.45, 7) is 8.56. The Kier molecular flexibility index (Phi) is 6.20. The van der Waals surface area contributed by atoms with E-state index in [-0.39, 0.29) is 17.2 Å². The zero-order chi connectivity index (χ0) is 17.9. The highest BCUT2D eigenvalue weighted by Crippen LogP contribution is 2.21. The summed E-state index contributed by atoms with van der Waals surface area (Å²) in [7, 11) is -1.33. The zero-order valence-electron chi connectivity index (χ0n) is 14.5. The zero-order valence-corrected chi connectivity index (χ0v) is 16.1. The molecule has 1 aliphatic rings. The SMILES string of the molecule is Cc1cnc([S@](=O)C[C@H]2CCCN(C(=O)OC(C)(C)C)C2)nc1Cl. The van der Waals surface area contributed by atoms with Gasteiger partial charge in [-0.15, -0.1) is 0 Å². The molecule has 2 rings (SSSR count). The lowest BCUT2D eigenvalue weighted by Gasteiger charge is -2.33. The molecule has 0 N–H and O–H groups in total. The van der Waals surface area contributed by atoms with Crippen molar-refractivity contribution < 1.29 is 13.7 Å². The first-order valence-corrected chi connectivity index (χ1v) is 9.71. The third-order valence-electron chi connectivity index (χ3n) is 3.65. The van der Waals surface area contributed by atoms with Gasteiger partial charge in [0.25, 0.3) is 0 Å². The average Bonchev–Trinajstić information content (AvgIpc) is 2.48. The van der Waals surface area contributed by atoms with E-state index in [1.54, 1.807) is 18.0 Å². The van der Waals surface area contributed by atoms with E-state index in [4.69, 9.17) is 16.3 Å². The minimum atomic E-state index is -1.33. The molecule has 0 radical (unpaired) electrons. The number of hydrogen-bond donors (Lipinski definition) is 0. The maximum atomic E-state index is 12.5.